The van der Waals surface area contributed by atoms with Gasteiger partial charge >= 0.3 is 0 Å². The Balaban J connectivity index is 1.38. The Morgan fingerprint density at radius 1 is 1.16 bits per heavy atom. The van der Waals surface area contributed by atoms with Gasteiger partial charge in [0.25, 0.3) is 0 Å². The Kier molecular flexibility index (Phi) is 6.31. The van der Waals surface area contributed by atoms with Gasteiger partial charge in [0.2, 0.25) is 16.9 Å². The normalized spacial score (nSPS) is 15.7. The van der Waals surface area contributed by atoms with Crippen molar-refractivity contribution in [2.24, 2.45) is 5.92 Å². The molecule has 1 aliphatic heterocycles. The molecule has 10 heteroatoms. The van der Waals surface area contributed by atoms with Gasteiger partial charge in [0.15, 0.2) is 11.5 Å². The van der Waals surface area contributed by atoms with E-state index >= 15 is 0 Å². The number of nitrogens with zero attached hydrogens (tertiary/aromatic N) is 3. The average molecular weight is 456 g/mol. The summed E-state index contributed by atoms with van der Waals surface area (Å²) in [6, 6.07) is 11.2. The van der Waals surface area contributed by atoms with Crippen LogP contribution in [0.5, 0.6) is 11.5 Å². The summed E-state index contributed by atoms with van der Waals surface area (Å²) >= 11 is 1.27. The van der Waals surface area contributed by atoms with E-state index in [0.717, 1.165) is 10.6 Å². The Morgan fingerprint density at radius 2 is 1.91 bits per heavy atom. The zero-order valence-corrected chi connectivity index (χ0v) is 18.3. The minimum absolute atomic E-state index is 0.0838. The Bertz CT molecular complexity index is 1140. The molecule has 32 heavy (non-hydrogen) atoms. The van der Waals surface area contributed by atoms with E-state index < -0.39 is 5.92 Å². The van der Waals surface area contributed by atoms with E-state index in [1.54, 1.807) is 14.2 Å². The molecule has 1 N–H and O–H groups in total. The van der Waals surface area contributed by atoms with E-state index in [0.29, 0.717) is 28.7 Å². The molecule has 3 aromatic rings. The third-order valence-electron chi connectivity index (χ3n) is 5.13. The first-order valence-corrected chi connectivity index (χ1v) is 10.7. The fourth-order valence-electron chi connectivity index (χ4n) is 3.50. The van der Waals surface area contributed by atoms with E-state index in [-0.39, 0.29) is 30.6 Å². The molecule has 0 spiro atoms. The molecular weight excluding hydrogens is 435 g/mol. The van der Waals surface area contributed by atoms with Crippen molar-refractivity contribution < 1.29 is 23.5 Å². The van der Waals surface area contributed by atoms with E-state index in [9.17, 15) is 14.0 Å². The van der Waals surface area contributed by atoms with Crippen molar-refractivity contribution in [3.05, 3.63) is 58.9 Å². The highest BCUT2D eigenvalue weighted by molar-refractivity contribution is 7.15. The minimum Gasteiger partial charge on any atom is -0.493 e. The zero-order chi connectivity index (χ0) is 22.7. The van der Waals surface area contributed by atoms with Crippen LogP contribution in [-0.2, 0) is 16.0 Å². The molecule has 0 radical (unpaired) electrons. The fraction of sp³-hybridized carbons (Fsp3) is 0.273. The first-order valence-electron chi connectivity index (χ1n) is 9.87. The van der Waals surface area contributed by atoms with Gasteiger partial charge in [0.05, 0.1) is 20.1 Å². The van der Waals surface area contributed by atoms with Crippen molar-refractivity contribution in [2.45, 2.75) is 12.8 Å². The van der Waals surface area contributed by atoms with Crippen molar-refractivity contribution in [3.8, 4) is 11.5 Å². The number of carbonyl (C=O) groups excluding carboxylic acids is 2. The number of amides is 2. The summed E-state index contributed by atoms with van der Waals surface area (Å²) in [4.78, 5) is 26.5. The molecule has 1 aromatic heterocycles. The molecule has 1 fully saturated rings. The molecule has 2 heterocycles. The summed E-state index contributed by atoms with van der Waals surface area (Å²) in [5.74, 6) is -0.109. The van der Waals surface area contributed by atoms with Crippen molar-refractivity contribution in [3.63, 3.8) is 0 Å². The smallest absolute Gasteiger partial charge is 0.231 e. The number of nitrogens with one attached hydrogen (secondary N) is 1. The molecule has 0 bridgehead atoms. The van der Waals surface area contributed by atoms with Gasteiger partial charge in [-0.1, -0.05) is 17.4 Å². The SMILES string of the molecule is COc1ccc(Cc2nnc(NC(=O)C3CC(=O)N(c4ccc(F)cc4)C3)s2)cc1OC. The van der Waals surface area contributed by atoms with Gasteiger partial charge < -0.3 is 19.7 Å². The van der Waals surface area contributed by atoms with Crippen LogP contribution >= 0.6 is 11.3 Å². The summed E-state index contributed by atoms with van der Waals surface area (Å²) in [6.07, 6.45) is 0.606. The Morgan fingerprint density at radius 3 is 2.62 bits per heavy atom. The molecule has 0 aliphatic carbocycles. The van der Waals surface area contributed by atoms with Crippen LogP contribution in [0, 0.1) is 11.7 Å². The average Bonchev–Trinajstić information content (AvgIpc) is 3.40. The predicted molar refractivity (Wildman–Crippen MR) is 118 cm³/mol. The molecule has 166 valence electrons. The second-order valence-corrected chi connectivity index (χ2v) is 8.30. The number of methoxy groups -OCH3 is 2. The summed E-state index contributed by atoms with van der Waals surface area (Å²) < 4.78 is 23.7. The molecule has 2 amide bonds. The number of rotatable bonds is 7. The topological polar surface area (TPSA) is 93.7 Å². The van der Waals surface area contributed by atoms with Crippen LogP contribution in [0.4, 0.5) is 15.2 Å². The van der Waals surface area contributed by atoms with Crippen molar-refractivity contribution >= 4 is 34.0 Å². The molecule has 1 atom stereocenters. The van der Waals surface area contributed by atoms with Gasteiger partial charge in [-0.15, -0.1) is 10.2 Å². The van der Waals surface area contributed by atoms with E-state index in [1.807, 2.05) is 18.2 Å². The summed E-state index contributed by atoms with van der Waals surface area (Å²) in [7, 11) is 3.15. The van der Waals surface area contributed by atoms with Gasteiger partial charge in [-0.2, -0.15) is 0 Å². The van der Waals surface area contributed by atoms with Gasteiger partial charge in [-0.3, -0.25) is 9.59 Å². The van der Waals surface area contributed by atoms with E-state index in [1.165, 1.54) is 40.5 Å². The molecule has 2 aromatic carbocycles. The van der Waals surface area contributed by atoms with Crippen molar-refractivity contribution in [1.29, 1.82) is 0 Å². The molecule has 1 unspecified atom stereocenters. The second kappa shape index (κ2) is 9.31. The van der Waals surface area contributed by atoms with Crippen LogP contribution in [0.2, 0.25) is 0 Å². The van der Waals surface area contributed by atoms with Gasteiger partial charge in [0.1, 0.15) is 10.8 Å². The summed E-state index contributed by atoms with van der Waals surface area (Å²) in [5, 5.41) is 12.0. The van der Waals surface area contributed by atoms with Gasteiger partial charge in [0, 0.05) is 25.1 Å². The maximum absolute atomic E-state index is 13.1. The minimum atomic E-state index is -0.522. The van der Waals surface area contributed by atoms with Crippen molar-refractivity contribution in [2.75, 3.05) is 31.0 Å². The quantitative estimate of drug-likeness (QED) is 0.587. The largest absolute Gasteiger partial charge is 0.493 e. The molecule has 4 rings (SSSR count). The highest BCUT2D eigenvalue weighted by Gasteiger charge is 2.35. The van der Waals surface area contributed by atoms with Crippen LogP contribution in [0.1, 0.15) is 17.0 Å². The lowest BCUT2D eigenvalue weighted by molar-refractivity contribution is -0.122. The summed E-state index contributed by atoms with van der Waals surface area (Å²) in [6.45, 7) is 0.230. The molecular formula is C22H21FN4O4S. The Labute approximate surface area is 188 Å². The van der Waals surface area contributed by atoms with Crippen molar-refractivity contribution in [1.82, 2.24) is 10.2 Å². The van der Waals surface area contributed by atoms with Crippen LogP contribution in [0.25, 0.3) is 0 Å². The number of carbonyl (C=O) groups is 2. The zero-order valence-electron chi connectivity index (χ0n) is 17.5. The molecule has 1 aliphatic rings. The monoisotopic (exact) mass is 456 g/mol. The second-order valence-electron chi connectivity index (χ2n) is 7.24. The number of anilines is 2. The third-order valence-corrected chi connectivity index (χ3v) is 5.97. The number of hydrogen-bond donors (Lipinski definition) is 1. The van der Waals surface area contributed by atoms with Gasteiger partial charge in [-0.25, -0.2) is 4.39 Å². The standard InChI is InChI=1S/C22H21FN4O4S/c1-30-17-8-3-13(9-18(17)31-2)10-19-25-26-22(32-19)24-21(29)14-11-20(28)27(12-14)16-6-4-15(23)5-7-16/h3-9,14H,10-12H2,1-2H3,(H,24,26,29). The first-order chi connectivity index (χ1) is 15.5. The van der Waals surface area contributed by atoms with Crippen LogP contribution in [-0.4, -0.2) is 42.8 Å². The maximum Gasteiger partial charge on any atom is 0.231 e. The van der Waals surface area contributed by atoms with Crippen LogP contribution in [0.3, 0.4) is 0 Å². The Hall–Kier alpha value is -3.53. The predicted octanol–water partition coefficient (Wildman–Crippen LogP) is 3.28. The first kappa shape index (κ1) is 21.7. The van der Waals surface area contributed by atoms with E-state index in [2.05, 4.69) is 15.5 Å². The lowest BCUT2D eigenvalue weighted by Crippen LogP contribution is -2.28. The summed E-state index contributed by atoms with van der Waals surface area (Å²) in [5.41, 5.74) is 1.54. The van der Waals surface area contributed by atoms with E-state index in [4.69, 9.17) is 9.47 Å². The number of ether oxygens (including phenoxy) is 2. The van der Waals surface area contributed by atoms with Crippen LogP contribution < -0.4 is 19.7 Å². The van der Waals surface area contributed by atoms with Gasteiger partial charge in [-0.05, 0) is 42.0 Å². The number of benzene rings is 2. The highest BCUT2D eigenvalue weighted by atomic mass is 32.1. The molecule has 0 saturated carbocycles. The molecule has 1 saturated heterocycles. The number of aromatic nitrogens is 2. The highest BCUT2D eigenvalue weighted by Crippen LogP contribution is 2.30. The molecule has 8 nitrogen and oxygen atoms in total. The lowest BCUT2D eigenvalue weighted by atomic mass is 10.1. The third kappa shape index (κ3) is 4.70. The fourth-order valence-corrected chi connectivity index (χ4v) is 4.28. The lowest BCUT2D eigenvalue weighted by Gasteiger charge is -2.16. The maximum atomic E-state index is 13.1. The number of hydrogen-bond acceptors (Lipinski definition) is 7. The van der Waals surface area contributed by atoms with Crippen LogP contribution in [0.15, 0.2) is 42.5 Å². The number of halogens is 1.